The Labute approximate surface area is 110 Å². The van der Waals surface area contributed by atoms with Gasteiger partial charge in [-0.05, 0) is 18.9 Å². The van der Waals surface area contributed by atoms with Crippen LogP contribution in [0.15, 0.2) is 18.2 Å². The molecule has 0 saturated heterocycles. The van der Waals surface area contributed by atoms with Gasteiger partial charge in [0.15, 0.2) is 5.69 Å². The van der Waals surface area contributed by atoms with Crippen LogP contribution in [0.3, 0.4) is 0 Å². The zero-order chi connectivity index (χ0) is 14.5. The number of nitrogens with zero attached hydrogens (tertiary/aromatic N) is 2. The van der Waals surface area contributed by atoms with E-state index in [1.165, 1.54) is 0 Å². The molecule has 1 saturated carbocycles. The van der Waals surface area contributed by atoms with Crippen molar-refractivity contribution < 1.29 is 22.0 Å². The van der Waals surface area contributed by atoms with Crippen molar-refractivity contribution in [3.05, 3.63) is 47.3 Å². The summed E-state index contributed by atoms with van der Waals surface area (Å²) in [6, 6.07) is 4.53. The molecule has 2 nitrogen and oxygen atoms in total. The van der Waals surface area contributed by atoms with Crippen LogP contribution in [0, 0.1) is 17.7 Å². The molecule has 7 heteroatoms. The van der Waals surface area contributed by atoms with Crippen LogP contribution in [-0.2, 0) is 6.18 Å². The minimum Gasteiger partial charge on any atom is -0.237 e. The maximum atomic E-state index is 13.1. The summed E-state index contributed by atoms with van der Waals surface area (Å²) in [5, 5.41) is 3.44. The van der Waals surface area contributed by atoms with Gasteiger partial charge >= 0.3 is 6.18 Å². The Hall–Kier alpha value is -1.92. The van der Waals surface area contributed by atoms with E-state index in [0.717, 1.165) is 35.7 Å². The van der Waals surface area contributed by atoms with E-state index in [9.17, 15) is 22.0 Å². The summed E-state index contributed by atoms with van der Waals surface area (Å²) in [6.07, 6.45) is -3.10. The molecule has 0 bridgehead atoms. The second-order valence-corrected chi connectivity index (χ2v) is 4.67. The third-order valence-electron chi connectivity index (χ3n) is 3.06. The fourth-order valence-electron chi connectivity index (χ4n) is 2.02. The van der Waals surface area contributed by atoms with Gasteiger partial charge in [0.1, 0.15) is 11.6 Å². The molecular weight excluding hydrogens is 279 g/mol. The van der Waals surface area contributed by atoms with Crippen molar-refractivity contribution in [3.63, 3.8) is 0 Å². The lowest BCUT2D eigenvalue weighted by Crippen LogP contribution is -2.08. The van der Waals surface area contributed by atoms with E-state index in [2.05, 4.69) is 5.10 Å². The van der Waals surface area contributed by atoms with Crippen LogP contribution in [0.2, 0.25) is 0 Å². The van der Waals surface area contributed by atoms with Gasteiger partial charge in [0.2, 0.25) is 0 Å². The maximum Gasteiger partial charge on any atom is 0.435 e. The lowest BCUT2D eigenvalue weighted by Gasteiger charge is -2.07. The van der Waals surface area contributed by atoms with Crippen LogP contribution in [-0.4, -0.2) is 9.78 Å². The van der Waals surface area contributed by atoms with Crippen molar-refractivity contribution >= 4 is 0 Å². The highest BCUT2D eigenvalue weighted by atomic mass is 19.4. The SMILES string of the molecule is Fc1[c]c(F)cc(-n2nc(C(F)(F)F)cc2C2CC2)c1. The molecule has 1 aromatic heterocycles. The summed E-state index contributed by atoms with van der Waals surface area (Å²) in [5.74, 6) is -2.01. The molecule has 105 valence electrons. The molecule has 20 heavy (non-hydrogen) atoms. The molecule has 1 aromatic carbocycles. The quantitative estimate of drug-likeness (QED) is 0.767. The van der Waals surface area contributed by atoms with E-state index >= 15 is 0 Å². The van der Waals surface area contributed by atoms with Crippen LogP contribution < -0.4 is 0 Å². The summed E-state index contributed by atoms with van der Waals surface area (Å²) >= 11 is 0. The number of alkyl halides is 3. The summed E-state index contributed by atoms with van der Waals surface area (Å²) < 4.78 is 65.4. The van der Waals surface area contributed by atoms with Crippen molar-refractivity contribution in [2.45, 2.75) is 24.9 Å². The van der Waals surface area contributed by atoms with Crippen molar-refractivity contribution in [3.8, 4) is 5.69 Å². The molecule has 3 rings (SSSR count). The Kier molecular flexibility index (Phi) is 2.81. The molecule has 1 aliphatic carbocycles. The first kappa shape index (κ1) is 13.1. The van der Waals surface area contributed by atoms with Crippen molar-refractivity contribution in [2.24, 2.45) is 0 Å². The first-order valence-corrected chi connectivity index (χ1v) is 5.90. The number of rotatable bonds is 2. The largest absolute Gasteiger partial charge is 0.435 e. The maximum absolute atomic E-state index is 13.1. The summed E-state index contributed by atoms with van der Waals surface area (Å²) in [5.41, 5.74) is -0.813. The molecule has 0 unspecified atom stereocenters. The summed E-state index contributed by atoms with van der Waals surface area (Å²) in [4.78, 5) is 0. The van der Waals surface area contributed by atoms with Crippen LogP contribution in [0.4, 0.5) is 22.0 Å². The monoisotopic (exact) mass is 287 g/mol. The topological polar surface area (TPSA) is 17.8 Å². The van der Waals surface area contributed by atoms with E-state index < -0.39 is 23.5 Å². The average molecular weight is 287 g/mol. The van der Waals surface area contributed by atoms with Crippen LogP contribution in [0.25, 0.3) is 5.69 Å². The Morgan fingerprint density at radius 1 is 1.10 bits per heavy atom. The van der Waals surface area contributed by atoms with Crippen LogP contribution in [0.1, 0.15) is 30.1 Å². The molecule has 2 aromatic rings. The number of halogens is 5. The number of aromatic nitrogens is 2. The highest BCUT2D eigenvalue weighted by Crippen LogP contribution is 2.42. The van der Waals surface area contributed by atoms with Gasteiger partial charge in [-0.15, -0.1) is 0 Å². The molecule has 1 radical (unpaired) electrons. The smallest absolute Gasteiger partial charge is 0.237 e. The number of hydrogen-bond donors (Lipinski definition) is 0. The van der Waals surface area contributed by atoms with E-state index in [-0.39, 0.29) is 11.6 Å². The van der Waals surface area contributed by atoms with Gasteiger partial charge < -0.3 is 0 Å². The highest BCUT2D eigenvalue weighted by molar-refractivity contribution is 5.36. The molecule has 1 heterocycles. The minimum atomic E-state index is -4.59. The predicted octanol–water partition coefficient (Wildman–Crippen LogP) is 3.85. The van der Waals surface area contributed by atoms with E-state index in [4.69, 9.17) is 0 Å². The normalized spacial score (nSPS) is 15.7. The number of hydrogen-bond acceptors (Lipinski definition) is 1. The van der Waals surface area contributed by atoms with Crippen molar-refractivity contribution in [1.82, 2.24) is 9.78 Å². The fraction of sp³-hybridized carbons (Fsp3) is 0.308. The fourth-order valence-corrected chi connectivity index (χ4v) is 2.02. The lowest BCUT2D eigenvalue weighted by molar-refractivity contribution is -0.141. The molecule has 0 spiro atoms. The minimum absolute atomic E-state index is 0.0473. The summed E-state index contributed by atoms with van der Waals surface area (Å²) in [7, 11) is 0. The van der Waals surface area contributed by atoms with Crippen LogP contribution in [0.5, 0.6) is 0 Å². The third-order valence-corrected chi connectivity index (χ3v) is 3.06. The van der Waals surface area contributed by atoms with Crippen LogP contribution >= 0.6 is 0 Å². The molecule has 0 aliphatic heterocycles. The molecular formula is C13H8F5N2. The molecule has 0 atom stereocenters. The first-order valence-electron chi connectivity index (χ1n) is 5.90. The van der Waals surface area contributed by atoms with Gasteiger partial charge in [0.05, 0.1) is 11.8 Å². The Morgan fingerprint density at radius 3 is 2.20 bits per heavy atom. The zero-order valence-corrected chi connectivity index (χ0v) is 10.0. The Morgan fingerprint density at radius 2 is 1.70 bits per heavy atom. The third kappa shape index (κ3) is 2.39. The van der Waals surface area contributed by atoms with Crippen molar-refractivity contribution in [1.29, 1.82) is 0 Å². The first-order chi connectivity index (χ1) is 9.34. The number of benzene rings is 1. The van der Waals surface area contributed by atoms with Gasteiger partial charge in [-0.1, -0.05) is 0 Å². The molecule has 1 aliphatic rings. The van der Waals surface area contributed by atoms with Gasteiger partial charge in [-0.3, -0.25) is 0 Å². The highest BCUT2D eigenvalue weighted by Gasteiger charge is 2.38. The van der Waals surface area contributed by atoms with Crippen molar-refractivity contribution in [2.75, 3.05) is 0 Å². The molecule has 0 amide bonds. The van der Waals surface area contributed by atoms with Gasteiger partial charge in [0, 0.05) is 23.7 Å². The Bertz CT molecular complexity index is 635. The standard InChI is InChI=1S/C13H8F5N2/c14-8-3-9(15)5-10(4-8)20-11(7-1-2-7)6-12(19-20)13(16,17)18/h4-7H,1-2H2. The van der Waals surface area contributed by atoms with E-state index in [1.54, 1.807) is 6.07 Å². The second kappa shape index (κ2) is 4.29. The zero-order valence-electron chi connectivity index (χ0n) is 10.0. The van der Waals surface area contributed by atoms with Gasteiger partial charge in [-0.2, -0.15) is 18.3 Å². The Balaban J connectivity index is 2.14. The van der Waals surface area contributed by atoms with Gasteiger partial charge in [-0.25, -0.2) is 13.5 Å². The predicted molar refractivity (Wildman–Crippen MR) is 59.3 cm³/mol. The summed E-state index contributed by atoms with van der Waals surface area (Å²) in [6.45, 7) is 0. The van der Waals surface area contributed by atoms with Gasteiger partial charge in [0.25, 0.3) is 0 Å². The van der Waals surface area contributed by atoms with E-state index in [1.807, 2.05) is 0 Å². The van der Waals surface area contributed by atoms with E-state index in [0.29, 0.717) is 5.69 Å². The second-order valence-electron chi connectivity index (χ2n) is 4.67. The molecule has 1 fully saturated rings. The average Bonchev–Trinajstić information content (AvgIpc) is 3.05. The lowest BCUT2D eigenvalue weighted by atomic mass is 10.2. The molecule has 0 N–H and O–H groups in total.